The molecule has 3 nitrogen and oxygen atoms in total. The van der Waals surface area contributed by atoms with Crippen LogP contribution in [0.4, 0.5) is 4.39 Å². The summed E-state index contributed by atoms with van der Waals surface area (Å²) in [7, 11) is -3.69. The van der Waals surface area contributed by atoms with E-state index in [0.717, 1.165) is 12.1 Å². The molecular formula is C14H13ClFNO2S. The normalized spacial score (nSPS) is 13.2. The minimum Gasteiger partial charge on any atom is -0.329 e. The molecule has 2 N–H and O–H groups in total. The SMILES string of the molecule is NC[C@H](c1cccc(Cl)c1)S(=O)(=O)c1ccc(F)cc1. The molecule has 0 aliphatic heterocycles. The van der Waals surface area contributed by atoms with Gasteiger partial charge in [-0.15, -0.1) is 0 Å². The van der Waals surface area contributed by atoms with Crippen molar-refractivity contribution in [3.63, 3.8) is 0 Å². The smallest absolute Gasteiger partial charge is 0.186 e. The van der Waals surface area contributed by atoms with Crippen LogP contribution in [0.5, 0.6) is 0 Å². The lowest BCUT2D eigenvalue weighted by molar-refractivity contribution is 0.581. The largest absolute Gasteiger partial charge is 0.329 e. The molecule has 106 valence electrons. The minimum absolute atomic E-state index is 0.0364. The quantitative estimate of drug-likeness (QED) is 0.883. The van der Waals surface area contributed by atoms with Crippen LogP contribution >= 0.6 is 11.6 Å². The minimum atomic E-state index is -3.69. The van der Waals surface area contributed by atoms with Gasteiger partial charge in [0, 0.05) is 11.6 Å². The van der Waals surface area contributed by atoms with Crippen molar-refractivity contribution in [3.8, 4) is 0 Å². The zero-order valence-electron chi connectivity index (χ0n) is 10.5. The average molecular weight is 314 g/mol. The van der Waals surface area contributed by atoms with Crippen molar-refractivity contribution in [2.24, 2.45) is 5.73 Å². The highest BCUT2D eigenvalue weighted by Gasteiger charge is 2.28. The van der Waals surface area contributed by atoms with Gasteiger partial charge in [-0.25, -0.2) is 12.8 Å². The second kappa shape index (κ2) is 5.91. The standard InChI is InChI=1S/C14H13ClFNO2S/c15-11-3-1-2-10(8-11)14(9-17)20(18,19)13-6-4-12(16)5-7-13/h1-8,14H,9,17H2/t14-/m1/s1. The van der Waals surface area contributed by atoms with Crippen molar-refractivity contribution in [1.29, 1.82) is 0 Å². The van der Waals surface area contributed by atoms with Crippen molar-refractivity contribution in [2.75, 3.05) is 6.54 Å². The molecule has 0 amide bonds. The number of halogens is 2. The number of hydrogen-bond donors (Lipinski definition) is 1. The molecule has 2 aromatic rings. The molecule has 0 aliphatic carbocycles. The summed E-state index contributed by atoms with van der Waals surface area (Å²) < 4.78 is 38.0. The summed E-state index contributed by atoms with van der Waals surface area (Å²) in [5.41, 5.74) is 6.13. The molecule has 1 atom stereocenters. The molecule has 2 rings (SSSR count). The monoisotopic (exact) mass is 313 g/mol. The van der Waals surface area contributed by atoms with Gasteiger partial charge in [0.2, 0.25) is 0 Å². The van der Waals surface area contributed by atoms with Gasteiger partial charge in [-0.05, 0) is 42.0 Å². The Balaban J connectivity index is 2.47. The van der Waals surface area contributed by atoms with E-state index in [0.29, 0.717) is 10.6 Å². The van der Waals surface area contributed by atoms with Crippen molar-refractivity contribution in [2.45, 2.75) is 10.1 Å². The second-order valence-corrected chi connectivity index (χ2v) is 6.85. The maximum absolute atomic E-state index is 12.9. The predicted molar refractivity (Wildman–Crippen MR) is 76.8 cm³/mol. The molecule has 0 heterocycles. The molecule has 0 radical (unpaired) electrons. The van der Waals surface area contributed by atoms with Crippen LogP contribution in [0.15, 0.2) is 53.4 Å². The summed E-state index contributed by atoms with van der Waals surface area (Å²) in [5.74, 6) is -0.490. The van der Waals surface area contributed by atoms with E-state index in [1.807, 2.05) is 0 Å². The highest BCUT2D eigenvalue weighted by atomic mass is 35.5. The Morgan fingerprint density at radius 3 is 2.35 bits per heavy atom. The summed E-state index contributed by atoms with van der Waals surface area (Å²) in [6.07, 6.45) is 0. The molecular weight excluding hydrogens is 301 g/mol. The highest BCUT2D eigenvalue weighted by molar-refractivity contribution is 7.91. The molecule has 6 heteroatoms. The molecule has 0 aliphatic rings. The van der Waals surface area contributed by atoms with Crippen LogP contribution in [0, 0.1) is 5.82 Å². The van der Waals surface area contributed by atoms with Gasteiger partial charge in [-0.2, -0.15) is 0 Å². The number of sulfone groups is 1. The predicted octanol–water partition coefficient (Wildman–Crippen LogP) is 2.95. The van der Waals surface area contributed by atoms with E-state index in [9.17, 15) is 12.8 Å². The summed E-state index contributed by atoms with van der Waals surface area (Å²) in [4.78, 5) is 0.0364. The van der Waals surface area contributed by atoms with Gasteiger partial charge in [0.05, 0.1) is 4.90 Å². The van der Waals surface area contributed by atoms with Gasteiger partial charge in [0.25, 0.3) is 0 Å². The van der Waals surface area contributed by atoms with Crippen LogP contribution in [0.25, 0.3) is 0 Å². The van der Waals surface area contributed by atoms with E-state index in [1.54, 1.807) is 24.3 Å². The summed E-state index contributed by atoms with van der Waals surface area (Å²) in [6.45, 7) is -0.0833. The molecule has 0 spiro atoms. The van der Waals surface area contributed by atoms with E-state index in [2.05, 4.69) is 0 Å². The lowest BCUT2D eigenvalue weighted by Gasteiger charge is -2.16. The zero-order valence-corrected chi connectivity index (χ0v) is 12.0. The van der Waals surface area contributed by atoms with Crippen LogP contribution in [0.1, 0.15) is 10.8 Å². The third-order valence-electron chi connectivity index (χ3n) is 2.95. The first-order chi connectivity index (χ1) is 9.45. The number of hydrogen-bond acceptors (Lipinski definition) is 3. The van der Waals surface area contributed by atoms with Gasteiger partial charge in [-0.3, -0.25) is 0 Å². The zero-order chi connectivity index (χ0) is 14.8. The Kier molecular flexibility index (Phi) is 4.42. The van der Waals surface area contributed by atoms with Gasteiger partial charge < -0.3 is 5.73 Å². The van der Waals surface area contributed by atoms with Crippen LogP contribution in [-0.2, 0) is 9.84 Å². The van der Waals surface area contributed by atoms with Crippen LogP contribution < -0.4 is 5.73 Å². The topological polar surface area (TPSA) is 60.2 Å². The Morgan fingerprint density at radius 2 is 1.80 bits per heavy atom. The van der Waals surface area contributed by atoms with Crippen molar-refractivity contribution < 1.29 is 12.8 Å². The molecule has 20 heavy (non-hydrogen) atoms. The van der Waals surface area contributed by atoms with Crippen LogP contribution in [0.2, 0.25) is 5.02 Å². The fourth-order valence-electron chi connectivity index (χ4n) is 1.94. The average Bonchev–Trinajstić information content (AvgIpc) is 2.40. The Labute approximate surface area is 122 Å². The van der Waals surface area contributed by atoms with Crippen LogP contribution in [0.3, 0.4) is 0 Å². The number of benzene rings is 2. The molecule has 0 saturated carbocycles. The van der Waals surface area contributed by atoms with Gasteiger partial charge >= 0.3 is 0 Å². The maximum atomic E-state index is 12.9. The Morgan fingerprint density at radius 1 is 1.15 bits per heavy atom. The fourth-order valence-corrected chi connectivity index (χ4v) is 3.74. The first-order valence-corrected chi connectivity index (χ1v) is 7.82. The molecule has 0 saturated heterocycles. The lowest BCUT2D eigenvalue weighted by Crippen LogP contribution is -2.22. The molecule has 0 aromatic heterocycles. The number of nitrogens with two attached hydrogens (primary N) is 1. The Hall–Kier alpha value is -1.43. The van der Waals surface area contributed by atoms with Crippen molar-refractivity contribution >= 4 is 21.4 Å². The van der Waals surface area contributed by atoms with Crippen molar-refractivity contribution in [3.05, 3.63) is 64.9 Å². The first-order valence-electron chi connectivity index (χ1n) is 5.90. The fraction of sp³-hybridized carbons (Fsp3) is 0.143. The summed E-state index contributed by atoms with van der Waals surface area (Å²) >= 11 is 5.88. The molecule has 2 aromatic carbocycles. The maximum Gasteiger partial charge on any atom is 0.186 e. The molecule has 0 bridgehead atoms. The first kappa shape index (κ1) is 15.0. The van der Waals surface area contributed by atoms with E-state index < -0.39 is 20.9 Å². The molecule has 0 unspecified atom stereocenters. The summed E-state index contributed by atoms with van der Waals surface area (Å²) in [5, 5.41) is -0.470. The van der Waals surface area contributed by atoms with Gasteiger partial charge in [0.15, 0.2) is 9.84 Å². The van der Waals surface area contributed by atoms with Crippen molar-refractivity contribution in [1.82, 2.24) is 0 Å². The van der Waals surface area contributed by atoms with E-state index >= 15 is 0 Å². The summed E-state index contributed by atoms with van der Waals surface area (Å²) in [6, 6.07) is 11.2. The third kappa shape index (κ3) is 3.00. The van der Waals surface area contributed by atoms with Gasteiger partial charge in [-0.1, -0.05) is 23.7 Å². The van der Waals surface area contributed by atoms with E-state index in [4.69, 9.17) is 17.3 Å². The van der Waals surface area contributed by atoms with Gasteiger partial charge in [0.1, 0.15) is 11.1 Å². The lowest BCUT2D eigenvalue weighted by atomic mass is 10.1. The molecule has 0 fully saturated rings. The highest BCUT2D eigenvalue weighted by Crippen LogP contribution is 2.29. The van der Waals surface area contributed by atoms with E-state index in [1.165, 1.54) is 12.1 Å². The second-order valence-electron chi connectivity index (χ2n) is 4.28. The Bertz CT molecular complexity index is 701. The number of rotatable bonds is 4. The van der Waals surface area contributed by atoms with E-state index in [-0.39, 0.29) is 11.4 Å². The van der Waals surface area contributed by atoms with Crippen LogP contribution in [-0.4, -0.2) is 15.0 Å². The third-order valence-corrected chi connectivity index (χ3v) is 5.33.